The second-order valence-corrected chi connectivity index (χ2v) is 4.17. The van der Waals surface area contributed by atoms with E-state index in [1.807, 2.05) is 0 Å². The van der Waals surface area contributed by atoms with Crippen molar-refractivity contribution in [1.29, 1.82) is 0 Å². The van der Waals surface area contributed by atoms with Crippen molar-refractivity contribution < 1.29 is 23.4 Å². The zero-order valence-electron chi connectivity index (χ0n) is 10.7. The molecule has 0 fully saturated rings. The van der Waals surface area contributed by atoms with E-state index in [1.165, 1.54) is 0 Å². The van der Waals surface area contributed by atoms with Crippen molar-refractivity contribution in [2.24, 2.45) is 0 Å². The molecule has 22 heavy (non-hydrogen) atoms. The molecule has 0 aliphatic carbocycles. The third kappa shape index (κ3) is 2.77. The minimum Gasteiger partial charge on any atom is -0.288 e. The summed E-state index contributed by atoms with van der Waals surface area (Å²) in [6.07, 6.45) is 0. The fourth-order valence-electron chi connectivity index (χ4n) is 1.84. The summed E-state index contributed by atoms with van der Waals surface area (Å²) in [6, 6.07) is 4.39. The molecule has 112 valence electrons. The molecule has 0 amide bonds. The van der Waals surface area contributed by atoms with Crippen LogP contribution in [-0.4, -0.2) is 15.6 Å². The van der Waals surface area contributed by atoms with Crippen LogP contribution >= 0.6 is 0 Å². The van der Waals surface area contributed by atoms with E-state index >= 15 is 0 Å². The van der Waals surface area contributed by atoms with E-state index in [0.29, 0.717) is 12.1 Å². The van der Waals surface area contributed by atoms with Crippen molar-refractivity contribution in [3.8, 4) is 0 Å². The Morgan fingerprint density at radius 2 is 1.18 bits per heavy atom. The molecule has 0 spiro atoms. The number of carbonyl (C=O) groups excluding carboxylic acids is 1. The average Bonchev–Trinajstić information content (AvgIpc) is 2.46. The highest BCUT2D eigenvalue weighted by Crippen LogP contribution is 2.27. The number of ketones is 1. The van der Waals surface area contributed by atoms with Crippen LogP contribution in [-0.2, 0) is 0 Å². The van der Waals surface area contributed by atoms with E-state index in [2.05, 4.69) is 0 Å². The van der Waals surface area contributed by atoms with Gasteiger partial charge in [0, 0.05) is 0 Å². The molecule has 0 unspecified atom stereocenters. The monoisotopic (exact) mass is 308 g/mol. The Labute approximate surface area is 121 Å². The summed E-state index contributed by atoms with van der Waals surface area (Å²) in [4.78, 5) is 32.1. The Morgan fingerprint density at radius 1 is 0.818 bits per heavy atom. The van der Waals surface area contributed by atoms with Crippen molar-refractivity contribution in [2.45, 2.75) is 0 Å². The van der Waals surface area contributed by atoms with Crippen LogP contribution in [0.25, 0.3) is 0 Å². The van der Waals surface area contributed by atoms with Gasteiger partial charge in [-0.25, -0.2) is 8.78 Å². The molecule has 0 aliphatic heterocycles. The molecule has 0 aromatic heterocycles. The molecule has 9 heteroatoms. The van der Waals surface area contributed by atoms with Crippen LogP contribution < -0.4 is 0 Å². The zero-order valence-corrected chi connectivity index (χ0v) is 10.7. The summed E-state index contributed by atoms with van der Waals surface area (Å²) in [5, 5.41) is 21.8. The van der Waals surface area contributed by atoms with E-state index in [-0.39, 0.29) is 0 Å². The third-order valence-corrected chi connectivity index (χ3v) is 2.80. The molecule has 0 atom stereocenters. The fourth-order valence-corrected chi connectivity index (χ4v) is 1.84. The van der Waals surface area contributed by atoms with Crippen LogP contribution in [0.1, 0.15) is 15.9 Å². The number of halogens is 2. The van der Waals surface area contributed by atoms with Gasteiger partial charge in [0.1, 0.15) is 22.8 Å². The SMILES string of the molecule is O=C(c1ccc(F)cc1[N+](=O)[O-])c1ccc(F)cc1[N+](=O)[O-]. The number of rotatable bonds is 4. The number of hydrogen-bond acceptors (Lipinski definition) is 5. The van der Waals surface area contributed by atoms with Gasteiger partial charge in [-0.2, -0.15) is 0 Å². The van der Waals surface area contributed by atoms with Gasteiger partial charge >= 0.3 is 0 Å². The summed E-state index contributed by atoms with van der Waals surface area (Å²) in [7, 11) is 0. The summed E-state index contributed by atoms with van der Waals surface area (Å²) >= 11 is 0. The van der Waals surface area contributed by atoms with Crippen molar-refractivity contribution in [3.63, 3.8) is 0 Å². The lowest BCUT2D eigenvalue weighted by Gasteiger charge is -2.04. The largest absolute Gasteiger partial charge is 0.288 e. The van der Waals surface area contributed by atoms with Crippen LogP contribution in [0.4, 0.5) is 20.2 Å². The Balaban J connectivity index is 2.63. The molecular weight excluding hydrogens is 302 g/mol. The number of nitro groups is 2. The molecule has 0 saturated heterocycles. The lowest BCUT2D eigenvalue weighted by Crippen LogP contribution is -2.09. The molecule has 0 aliphatic rings. The quantitative estimate of drug-likeness (QED) is 0.490. The van der Waals surface area contributed by atoms with Gasteiger partial charge in [0.15, 0.2) is 0 Å². The Kier molecular flexibility index (Phi) is 3.89. The summed E-state index contributed by atoms with van der Waals surface area (Å²) in [6.45, 7) is 0. The Hall–Kier alpha value is -3.23. The molecule has 2 aromatic carbocycles. The van der Waals surface area contributed by atoms with E-state index in [4.69, 9.17) is 0 Å². The highest BCUT2D eigenvalue weighted by atomic mass is 19.1. The lowest BCUT2D eigenvalue weighted by atomic mass is 10.00. The van der Waals surface area contributed by atoms with Crippen molar-refractivity contribution in [2.75, 3.05) is 0 Å². The Morgan fingerprint density at radius 3 is 1.50 bits per heavy atom. The number of hydrogen-bond donors (Lipinski definition) is 0. The number of nitro benzene ring substituents is 2. The smallest absolute Gasteiger partial charge is 0.283 e. The highest BCUT2D eigenvalue weighted by molar-refractivity contribution is 6.13. The fraction of sp³-hybridized carbons (Fsp3) is 0. The van der Waals surface area contributed by atoms with Gasteiger partial charge in [0.2, 0.25) is 5.78 Å². The molecule has 0 bridgehead atoms. The molecule has 0 saturated carbocycles. The van der Waals surface area contributed by atoms with Crippen molar-refractivity contribution >= 4 is 17.2 Å². The molecule has 0 heterocycles. The number of nitrogens with zero attached hydrogens (tertiary/aromatic N) is 2. The van der Waals surface area contributed by atoms with Crippen LogP contribution in [0, 0.1) is 31.9 Å². The average molecular weight is 308 g/mol. The van der Waals surface area contributed by atoms with Gasteiger partial charge in [0.25, 0.3) is 11.4 Å². The second-order valence-electron chi connectivity index (χ2n) is 4.17. The summed E-state index contributed by atoms with van der Waals surface area (Å²) < 4.78 is 26.1. The van der Waals surface area contributed by atoms with Crippen LogP contribution in [0.3, 0.4) is 0 Å². The van der Waals surface area contributed by atoms with E-state index in [9.17, 15) is 33.8 Å². The van der Waals surface area contributed by atoms with Crippen LogP contribution in [0.15, 0.2) is 36.4 Å². The predicted octanol–water partition coefficient (Wildman–Crippen LogP) is 3.01. The maximum absolute atomic E-state index is 13.1. The minimum absolute atomic E-state index is 0.527. The number of carbonyl (C=O) groups is 1. The third-order valence-electron chi connectivity index (χ3n) is 2.80. The van der Waals surface area contributed by atoms with Gasteiger partial charge in [0.05, 0.1) is 22.0 Å². The zero-order chi connectivity index (χ0) is 16.4. The van der Waals surface area contributed by atoms with E-state index < -0.39 is 49.8 Å². The highest BCUT2D eigenvalue weighted by Gasteiger charge is 2.27. The standard InChI is InChI=1S/C13H6F2N2O5/c14-7-1-3-9(11(5-7)16(19)20)13(18)10-4-2-8(15)6-12(10)17(21)22/h1-6H. The van der Waals surface area contributed by atoms with Gasteiger partial charge in [-0.3, -0.25) is 25.0 Å². The molecule has 7 nitrogen and oxygen atoms in total. The normalized spacial score (nSPS) is 10.3. The molecule has 0 radical (unpaired) electrons. The first kappa shape index (κ1) is 15.2. The first-order valence-corrected chi connectivity index (χ1v) is 5.74. The molecular formula is C13H6F2N2O5. The van der Waals surface area contributed by atoms with E-state index in [0.717, 1.165) is 24.3 Å². The van der Waals surface area contributed by atoms with Gasteiger partial charge < -0.3 is 0 Å². The minimum atomic E-state index is -1.07. The first-order valence-electron chi connectivity index (χ1n) is 5.74. The van der Waals surface area contributed by atoms with Crippen LogP contribution in [0.2, 0.25) is 0 Å². The maximum Gasteiger partial charge on any atom is 0.283 e. The van der Waals surface area contributed by atoms with Crippen LogP contribution in [0.5, 0.6) is 0 Å². The summed E-state index contributed by atoms with van der Waals surface area (Å²) in [5.74, 6) is -2.94. The second kappa shape index (κ2) is 5.64. The predicted molar refractivity (Wildman–Crippen MR) is 69.5 cm³/mol. The lowest BCUT2D eigenvalue weighted by molar-refractivity contribution is -0.385. The van der Waals surface area contributed by atoms with Gasteiger partial charge in [-0.1, -0.05) is 0 Å². The molecule has 2 aromatic rings. The molecule has 0 N–H and O–H groups in total. The Bertz CT molecular complexity index is 742. The van der Waals surface area contributed by atoms with E-state index in [1.54, 1.807) is 0 Å². The number of benzene rings is 2. The maximum atomic E-state index is 13.1. The van der Waals surface area contributed by atoms with Crippen molar-refractivity contribution in [1.82, 2.24) is 0 Å². The first-order chi connectivity index (χ1) is 10.3. The topological polar surface area (TPSA) is 103 Å². The molecule has 2 rings (SSSR count). The van der Waals surface area contributed by atoms with Crippen molar-refractivity contribution in [3.05, 3.63) is 79.4 Å². The summed E-state index contributed by atoms with van der Waals surface area (Å²) in [5.41, 5.74) is -2.71. The van der Waals surface area contributed by atoms with Gasteiger partial charge in [-0.15, -0.1) is 0 Å². The van der Waals surface area contributed by atoms with Gasteiger partial charge in [-0.05, 0) is 24.3 Å².